The first-order valence-electron chi connectivity index (χ1n) is 9.51. The third-order valence-electron chi connectivity index (χ3n) is 4.38. The van der Waals surface area contributed by atoms with Crippen molar-refractivity contribution in [1.29, 1.82) is 0 Å². The van der Waals surface area contributed by atoms with Gasteiger partial charge in [0, 0.05) is 19.5 Å². The van der Waals surface area contributed by atoms with Crippen molar-refractivity contribution in [1.82, 2.24) is 25.4 Å². The van der Waals surface area contributed by atoms with Crippen LogP contribution in [0.15, 0.2) is 29.3 Å². The number of fused-ring (bicyclic) bond motifs is 1. The largest absolute Gasteiger partial charge is 0.486 e. The summed E-state index contributed by atoms with van der Waals surface area (Å²) in [4.78, 5) is 4.60. The molecule has 1 aliphatic heterocycles. The number of hydrogen-bond donors (Lipinski definition) is 2. The van der Waals surface area contributed by atoms with Gasteiger partial charge in [0.1, 0.15) is 18.5 Å². The Morgan fingerprint density at radius 2 is 2.11 bits per heavy atom. The number of guanidine groups is 1. The predicted octanol–water partition coefficient (Wildman–Crippen LogP) is 2.89. The zero-order chi connectivity index (χ0) is 19.1. The van der Waals surface area contributed by atoms with Gasteiger partial charge >= 0.3 is 0 Å². The second kappa shape index (κ2) is 11.2. The van der Waals surface area contributed by atoms with Gasteiger partial charge in [-0.25, -0.2) is 9.38 Å². The average Bonchev–Trinajstić information content (AvgIpc) is 3.09. The van der Waals surface area contributed by atoms with Crippen LogP contribution in [0.1, 0.15) is 38.3 Å². The maximum atomic E-state index is 13.7. The third kappa shape index (κ3) is 6.05. The number of aliphatic imine (C=N–C) groups is 1. The highest BCUT2D eigenvalue weighted by Crippen LogP contribution is 2.17. The molecule has 1 atom stereocenters. The Kier molecular flexibility index (Phi) is 8.94. The van der Waals surface area contributed by atoms with Gasteiger partial charge in [-0.3, -0.25) is 0 Å². The van der Waals surface area contributed by atoms with Crippen LogP contribution in [0.5, 0.6) is 5.75 Å². The molecule has 0 amide bonds. The molecule has 0 aliphatic carbocycles. The van der Waals surface area contributed by atoms with Crippen molar-refractivity contribution in [2.45, 2.75) is 52.3 Å². The van der Waals surface area contributed by atoms with Crippen molar-refractivity contribution >= 4 is 29.9 Å². The Morgan fingerprint density at radius 1 is 1.29 bits per heavy atom. The maximum absolute atomic E-state index is 13.7. The van der Waals surface area contributed by atoms with Gasteiger partial charge in [0.05, 0.1) is 6.54 Å². The quantitative estimate of drug-likeness (QED) is 0.346. The van der Waals surface area contributed by atoms with Crippen LogP contribution in [0.4, 0.5) is 4.39 Å². The van der Waals surface area contributed by atoms with Crippen LogP contribution >= 0.6 is 24.0 Å². The lowest BCUT2D eigenvalue weighted by Gasteiger charge is -2.18. The minimum absolute atomic E-state index is 0. The lowest BCUT2D eigenvalue weighted by molar-refractivity contribution is 0.214. The summed E-state index contributed by atoms with van der Waals surface area (Å²) in [6, 6.07) is 6.41. The Bertz CT molecular complexity index is 782. The fraction of sp³-hybridized carbons (Fsp3) is 0.526. The molecule has 0 radical (unpaired) electrons. The summed E-state index contributed by atoms with van der Waals surface area (Å²) in [5.41, 5.74) is 0. The van der Waals surface area contributed by atoms with Gasteiger partial charge in [0.15, 0.2) is 23.4 Å². The van der Waals surface area contributed by atoms with E-state index < -0.39 is 0 Å². The Hall–Kier alpha value is -1.91. The van der Waals surface area contributed by atoms with Gasteiger partial charge in [-0.1, -0.05) is 12.1 Å². The number of halogens is 2. The van der Waals surface area contributed by atoms with Crippen LogP contribution in [0.3, 0.4) is 0 Å². The highest BCUT2D eigenvalue weighted by Gasteiger charge is 2.15. The summed E-state index contributed by atoms with van der Waals surface area (Å²) in [5, 5.41) is 15.0. The highest BCUT2D eigenvalue weighted by molar-refractivity contribution is 14.0. The molecule has 7 nitrogen and oxygen atoms in total. The van der Waals surface area contributed by atoms with Gasteiger partial charge in [-0.15, -0.1) is 34.2 Å². The fourth-order valence-electron chi connectivity index (χ4n) is 3.02. The summed E-state index contributed by atoms with van der Waals surface area (Å²) >= 11 is 0. The molecule has 1 aromatic heterocycles. The fourth-order valence-corrected chi connectivity index (χ4v) is 3.02. The van der Waals surface area contributed by atoms with Gasteiger partial charge < -0.3 is 19.9 Å². The van der Waals surface area contributed by atoms with Crippen LogP contribution in [0.25, 0.3) is 0 Å². The van der Waals surface area contributed by atoms with Gasteiger partial charge in [0.25, 0.3) is 0 Å². The minimum Gasteiger partial charge on any atom is -0.486 e. The smallest absolute Gasteiger partial charge is 0.191 e. The lowest BCUT2D eigenvalue weighted by Crippen LogP contribution is -2.41. The molecule has 3 rings (SSSR count). The van der Waals surface area contributed by atoms with Crippen molar-refractivity contribution in [2.24, 2.45) is 4.99 Å². The van der Waals surface area contributed by atoms with E-state index in [9.17, 15) is 4.39 Å². The van der Waals surface area contributed by atoms with E-state index in [2.05, 4.69) is 30.4 Å². The molecule has 0 spiro atoms. The van der Waals surface area contributed by atoms with E-state index >= 15 is 0 Å². The highest BCUT2D eigenvalue weighted by atomic mass is 127. The molecule has 28 heavy (non-hydrogen) atoms. The van der Waals surface area contributed by atoms with E-state index in [4.69, 9.17) is 4.74 Å². The predicted molar refractivity (Wildman–Crippen MR) is 118 cm³/mol. The zero-order valence-corrected chi connectivity index (χ0v) is 18.7. The normalized spacial score (nSPS) is 14.6. The van der Waals surface area contributed by atoms with Crippen molar-refractivity contribution in [3.05, 3.63) is 41.7 Å². The summed E-state index contributed by atoms with van der Waals surface area (Å²) in [6.07, 6.45) is 3.10. The van der Waals surface area contributed by atoms with Gasteiger partial charge in [-0.05, 0) is 38.8 Å². The summed E-state index contributed by atoms with van der Waals surface area (Å²) < 4.78 is 21.5. The van der Waals surface area contributed by atoms with Crippen molar-refractivity contribution < 1.29 is 9.13 Å². The monoisotopic (exact) mass is 502 g/mol. The molecule has 2 N–H and O–H groups in total. The van der Waals surface area contributed by atoms with Crippen LogP contribution in [0, 0.1) is 5.82 Å². The molecule has 0 saturated heterocycles. The number of ether oxygens (including phenoxy) is 1. The van der Waals surface area contributed by atoms with E-state index in [-0.39, 0.29) is 41.6 Å². The topological polar surface area (TPSA) is 76.4 Å². The molecule has 1 unspecified atom stereocenters. The lowest BCUT2D eigenvalue weighted by atomic mass is 10.2. The van der Waals surface area contributed by atoms with Crippen LogP contribution in [-0.4, -0.2) is 39.9 Å². The summed E-state index contributed by atoms with van der Waals surface area (Å²) in [5.74, 6) is 2.51. The number of benzene rings is 1. The van der Waals surface area contributed by atoms with E-state index in [0.29, 0.717) is 19.0 Å². The first-order valence-corrected chi connectivity index (χ1v) is 9.51. The van der Waals surface area contributed by atoms with E-state index in [1.807, 2.05) is 13.8 Å². The number of rotatable bonds is 7. The molecular formula is C19H28FIN6O. The molecule has 0 saturated carbocycles. The molecule has 0 bridgehead atoms. The molecule has 154 valence electrons. The number of aryl methyl sites for hydroxylation is 1. The molecule has 2 aromatic rings. The van der Waals surface area contributed by atoms with Gasteiger partial charge in [-0.2, -0.15) is 0 Å². The molecule has 2 heterocycles. The third-order valence-corrected chi connectivity index (χ3v) is 4.38. The van der Waals surface area contributed by atoms with Gasteiger partial charge in [0.2, 0.25) is 0 Å². The molecule has 9 heteroatoms. The average molecular weight is 502 g/mol. The van der Waals surface area contributed by atoms with Crippen LogP contribution in [-0.2, 0) is 19.5 Å². The number of aromatic nitrogens is 3. The number of nitrogens with zero attached hydrogens (tertiary/aromatic N) is 4. The Labute approximate surface area is 182 Å². The number of hydrogen-bond acceptors (Lipinski definition) is 4. The van der Waals surface area contributed by atoms with Crippen molar-refractivity contribution in [3.63, 3.8) is 0 Å². The van der Waals surface area contributed by atoms with Crippen molar-refractivity contribution in [2.75, 3.05) is 13.1 Å². The van der Waals surface area contributed by atoms with E-state index in [1.54, 1.807) is 18.2 Å². The Morgan fingerprint density at radius 3 is 2.89 bits per heavy atom. The second-order valence-electron chi connectivity index (χ2n) is 6.58. The summed E-state index contributed by atoms with van der Waals surface area (Å²) in [7, 11) is 0. The Balaban J connectivity index is 0.00000280. The number of nitrogens with one attached hydrogen (secondary N) is 2. The van der Waals surface area contributed by atoms with E-state index in [1.165, 1.54) is 12.5 Å². The standard InChI is InChI=1S/C19H27FN6O.HI/c1-3-21-19(22-12-14(2)27-16-9-5-4-8-15(16)20)23-13-18-25-24-17-10-6-7-11-26(17)18;/h4-5,8-9,14H,3,6-7,10-13H2,1-2H3,(H2,21,22,23);1H. The van der Waals surface area contributed by atoms with Crippen molar-refractivity contribution in [3.8, 4) is 5.75 Å². The summed E-state index contributed by atoms with van der Waals surface area (Å²) in [6.45, 7) is 6.56. The second-order valence-corrected chi connectivity index (χ2v) is 6.58. The molecular weight excluding hydrogens is 474 g/mol. The SMILES string of the molecule is CCNC(=NCc1nnc2n1CCCC2)NCC(C)Oc1ccccc1F.I. The van der Waals surface area contributed by atoms with Crippen LogP contribution in [0.2, 0.25) is 0 Å². The van der Waals surface area contributed by atoms with Crippen LogP contribution < -0.4 is 15.4 Å². The molecule has 0 fully saturated rings. The zero-order valence-electron chi connectivity index (χ0n) is 16.3. The molecule has 1 aromatic carbocycles. The molecule has 1 aliphatic rings. The minimum atomic E-state index is -0.360. The first-order chi connectivity index (χ1) is 13.2. The first kappa shape index (κ1) is 22.4. The maximum Gasteiger partial charge on any atom is 0.191 e. The number of para-hydroxylation sites is 1. The van der Waals surface area contributed by atoms with E-state index in [0.717, 1.165) is 37.6 Å².